The largest absolute Gasteiger partial charge is 0.321 e. The molecule has 0 fully saturated rings. The lowest BCUT2D eigenvalue weighted by atomic mass is 9.94. The summed E-state index contributed by atoms with van der Waals surface area (Å²) in [5.41, 5.74) is 2.32. The van der Waals surface area contributed by atoms with Crippen LogP contribution in [-0.4, -0.2) is 9.55 Å². The van der Waals surface area contributed by atoms with Crippen LogP contribution in [0.25, 0.3) is 11.0 Å². The van der Waals surface area contributed by atoms with Gasteiger partial charge in [0.05, 0.1) is 16.9 Å². The highest BCUT2D eigenvalue weighted by Gasteiger charge is 2.26. The standard InChI is InChI=1S/C14H19ClN2/c1-4-14(3,5-2)17-12-9-7-6-8-11(12)16-13(17)10-15/h6-9H,4-5,10H2,1-3H3. The van der Waals surface area contributed by atoms with E-state index in [4.69, 9.17) is 11.6 Å². The number of nitrogens with zero attached hydrogens (tertiary/aromatic N) is 2. The maximum absolute atomic E-state index is 6.04. The zero-order valence-corrected chi connectivity index (χ0v) is 11.5. The Morgan fingerprint density at radius 2 is 1.88 bits per heavy atom. The molecule has 0 amide bonds. The van der Waals surface area contributed by atoms with E-state index >= 15 is 0 Å². The van der Waals surface area contributed by atoms with Crippen LogP contribution < -0.4 is 0 Å². The van der Waals surface area contributed by atoms with Gasteiger partial charge in [0.2, 0.25) is 0 Å². The van der Waals surface area contributed by atoms with Crippen molar-refractivity contribution in [3.63, 3.8) is 0 Å². The lowest BCUT2D eigenvalue weighted by molar-refractivity contribution is 0.296. The van der Waals surface area contributed by atoms with Gasteiger partial charge in [0.1, 0.15) is 5.82 Å². The van der Waals surface area contributed by atoms with E-state index in [0.29, 0.717) is 5.88 Å². The van der Waals surface area contributed by atoms with Gasteiger partial charge in [0, 0.05) is 5.54 Å². The molecule has 2 rings (SSSR count). The molecule has 1 heterocycles. The number of hydrogen-bond acceptors (Lipinski definition) is 1. The minimum Gasteiger partial charge on any atom is -0.321 e. The first-order valence-corrected chi connectivity index (χ1v) is 6.72. The molecule has 17 heavy (non-hydrogen) atoms. The van der Waals surface area contributed by atoms with E-state index in [1.54, 1.807) is 0 Å². The van der Waals surface area contributed by atoms with Gasteiger partial charge in [-0.3, -0.25) is 0 Å². The molecule has 0 bridgehead atoms. The summed E-state index contributed by atoms with van der Waals surface area (Å²) in [4.78, 5) is 4.62. The lowest BCUT2D eigenvalue weighted by Crippen LogP contribution is -2.29. The van der Waals surface area contributed by atoms with Crippen molar-refractivity contribution in [1.82, 2.24) is 9.55 Å². The maximum atomic E-state index is 6.04. The van der Waals surface area contributed by atoms with Gasteiger partial charge in [0.15, 0.2) is 0 Å². The zero-order chi connectivity index (χ0) is 12.5. The lowest BCUT2D eigenvalue weighted by Gasteiger charge is -2.31. The highest BCUT2D eigenvalue weighted by molar-refractivity contribution is 6.16. The highest BCUT2D eigenvalue weighted by Crippen LogP contribution is 2.31. The van der Waals surface area contributed by atoms with Crippen LogP contribution in [0.5, 0.6) is 0 Å². The molecule has 0 spiro atoms. The van der Waals surface area contributed by atoms with Crippen molar-refractivity contribution in [1.29, 1.82) is 0 Å². The average Bonchev–Trinajstić information content (AvgIpc) is 2.76. The molecule has 0 saturated heterocycles. The average molecular weight is 251 g/mol. The number of aromatic nitrogens is 2. The van der Waals surface area contributed by atoms with Gasteiger partial charge in [-0.05, 0) is 31.9 Å². The van der Waals surface area contributed by atoms with Crippen LogP contribution in [0.4, 0.5) is 0 Å². The first-order valence-electron chi connectivity index (χ1n) is 6.19. The second-order valence-corrected chi connectivity index (χ2v) is 4.96. The molecule has 0 aliphatic heterocycles. The number of fused-ring (bicyclic) bond motifs is 1. The summed E-state index contributed by atoms with van der Waals surface area (Å²) in [5.74, 6) is 1.43. The smallest absolute Gasteiger partial charge is 0.125 e. The molecule has 2 nitrogen and oxygen atoms in total. The third kappa shape index (κ3) is 1.95. The Morgan fingerprint density at radius 1 is 1.24 bits per heavy atom. The van der Waals surface area contributed by atoms with Crippen LogP contribution in [-0.2, 0) is 11.4 Å². The van der Waals surface area contributed by atoms with Crippen molar-refractivity contribution in [2.24, 2.45) is 0 Å². The van der Waals surface area contributed by atoms with Gasteiger partial charge in [-0.15, -0.1) is 11.6 Å². The van der Waals surface area contributed by atoms with Crippen molar-refractivity contribution in [2.75, 3.05) is 0 Å². The monoisotopic (exact) mass is 250 g/mol. The van der Waals surface area contributed by atoms with Crippen LogP contribution >= 0.6 is 11.6 Å². The third-order valence-electron chi connectivity index (χ3n) is 3.81. The van der Waals surface area contributed by atoms with Crippen molar-refractivity contribution < 1.29 is 0 Å². The first kappa shape index (κ1) is 12.4. The van der Waals surface area contributed by atoms with Crippen LogP contribution in [0.1, 0.15) is 39.4 Å². The number of para-hydroxylation sites is 2. The molecule has 0 unspecified atom stereocenters. The Hall–Kier alpha value is -1.02. The molecule has 92 valence electrons. The maximum Gasteiger partial charge on any atom is 0.125 e. The van der Waals surface area contributed by atoms with Crippen molar-refractivity contribution in [3.8, 4) is 0 Å². The van der Waals surface area contributed by atoms with Gasteiger partial charge >= 0.3 is 0 Å². The molecule has 3 heteroatoms. The highest BCUT2D eigenvalue weighted by atomic mass is 35.5. The first-order chi connectivity index (χ1) is 8.16. The number of hydrogen-bond donors (Lipinski definition) is 0. The van der Waals surface area contributed by atoms with Crippen molar-refractivity contribution >= 4 is 22.6 Å². The van der Waals surface area contributed by atoms with Crippen molar-refractivity contribution in [2.45, 2.75) is 45.0 Å². The number of rotatable bonds is 4. The molecule has 0 atom stereocenters. The second-order valence-electron chi connectivity index (χ2n) is 4.69. The summed E-state index contributed by atoms with van der Waals surface area (Å²) >= 11 is 6.04. The van der Waals surface area contributed by atoms with Gasteiger partial charge in [-0.1, -0.05) is 26.0 Å². The fourth-order valence-corrected chi connectivity index (χ4v) is 2.51. The summed E-state index contributed by atoms with van der Waals surface area (Å²) in [6, 6.07) is 8.26. The minimum absolute atomic E-state index is 0.0975. The SMILES string of the molecule is CCC(C)(CC)n1c(CCl)nc2ccccc21. The Bertz CT molecular complexity index is 512. The van der Waals surface area contributed by atoms with Gasteiger partial charge < -0.3 is 4.57 Å². The van der Waals surface area contributed by atoms with E-state index in [1.807, 2.05) is 12.1 Å². The Kier molecular flexibility index (Phi) is 3.43. The number of benzene rings is 1. The molecular weight excluding hydrogens is 232 g/mol. The van der Waals surface area contributed by atoms with E-state index in [-0.39, 0.29) is 5.54 Å². The van der Waals surface area contributed by atoms with Crippen LogP contribution in [0, 0.1) is 0 Å². The predicted molar refractivity (Wildman–Crippen MR) is 73.5 cm³/mol. The molecule has 0 aliphatic rings. The fraction of sp³-hybridized carbons (Fsp3) is 0.500. The Labute approximate surface area is 108 Å². The molecule has 0 saturated carbocycles. The zero-order valence-electron chi connectivity index (χ0n) is 10.7. The van der Waals surface area contributed by atoms with Crippen LogP contribution in [0.2, 0.25) is 0 Å². The topological polar surface area (TPSA) is 17.8 Å². The van der Waals surface area contributed by atoms with Gasteiger partial charge in [-0.2, -0.15) is 0 Å². The molecule has 2 aromatic rings. The summed E-state index contributed by atoms with van der Waals surface area (Å²) in [7, 11) is 0. The predicted octanol–water partition coefficient (Wildman–Crippen LogP) is 4.31. The molecule has 0 aliphatic carbocycles. The van der Waals surface area contributed by atoms with Crippen molar-refractivity contribution in [3.05, 3.63) is 30.1 Å². The van der Waals surface area contributed by atoms with Crippen LogP contribution in [0.3, 0.4) is 0 Å². The van der Waals surface area contributed by atoms with E-state index in [0.717, 1.165) is 24.2 Å². The summed E-state index contributed by atoms with van der Waals surface area (Å²) in [6.45, 7) is 6.71. The third-order valence-corrected chi connectivity index (χ3v) is 4.05. The van der Waals surface area contributed by atoms with Crippen LogP contribution in [0.15, 0.2) is 24.3 Å². The van der Waals surface area contributed by atoms with Gasteiger partial charge in [-0.25, -0.2) is 4.98 Å². The second kappa shape index (κ2) is 4.69. The number of halogens is 1. The van der Waals surface area contributed by atoms with E-state index in [1.165, 1.54) is 5.52 Å². The Balaban J connectivity index is 2.73. The summed E-state index contributed by atoms with van der Waals surface area (Å²) < 4.78 is 2.31. The normalized spacial score (nSPS) is 12.2. The molecular formula is C14H19ClN2. The Morgan fingerprint density at radius 3 is 2.47 bits per heavy atom. The summed E-state index contributed by atoms with van der Waals surface area (Å²) in [6.07, 6.45) is 2.15. The quantitative estimate of drug-likeness (QED) is 0.740. The molecule has 1 aromatic carbocycles. The number of alkyl halides is 1. The minimum atomic E-state index is 0.0975. The van der Waals surface area contributed by atoms with E-state index in [9.17, 15) is 0 Å². The number of imidazole rings is 1. The summed E-state index contributed by atoms with van der Waals surface area (Å²) in [5, 5.41) is 0. The van der Waals surface area contributed by atoms with E-state index < -0.39 is 0 Å². The van der Waals surface area contributed by atoms with E-state index in [2.05, 4.69) is 42.5 Å². The molecule has 1 aromatic heterocycles. The molecule has 0 radical (unpaired) electrons. The fourth-order valence-electron chi connectivity index (χ4n) is 2.33. The molecule has 0 N–H and O–H groups in total. The van der Waals surface area contributed by atoms with Gasteiger partial charge in [0.25, 0.3) is 0 Å².